The van der Waals surface area contributed by atoms with Gasteiger partial charge in [0.25, 0.3) is 0 Å². The molecule has 1 aliphatic rings. The Balaban J connectivity index is 1.61. The standard InChI is InChI=1S/C23H23FN4O3/c24-8-11-31-23(30)26-14-15-12-18-20(19(29)13-15)22(27-17-4-2-1-3-5-17)21(28-18)16-6-9-25-10-7-16/h1-7,9-10,15,27-28H,8,11-14H2,(H,26,30). The van der Waals surface area contributed by atoms with Gasteiger partial charge in [0.05, 0.1) is 16.9 Å². The second kappa shape index (κ2) is 9.42. The van der Waals surface area contributed by atoms with E-state index < -0.39 is 12.8 Å². The van der Waals surface area contributed by atoms with Crippen molar-refractivity contribution in [2.24, 2.45) is 5.92 Å². The molecule has 2 heterocycles. The van der Waals surface area contributed by atoms with Crippen molar-refractivity contribution in [3.8, 4) is 11.3 Å². The van der Waals surface area contributed by atoms with Gasteiger partial charge >= 0.3 is 6.09 Å². The van der Waals surface area contributed by atoms with Crippen LogP contribution in [0.25, 0.3) is 11.3 Å². The van der Waals surface area contributed by atoms with Crippen LogP contribution in [-0.4, -0.2) is 41.7 Å². The van der Waals surface area contributed by atoms with Crippen molar-refractivity contribution in [2.75, 3.05) is 25.1 Å². The largest absolute Gasteiger partial charge is 0.447 e. The highest BCUT2D eigenvalue weighted by atomic mass is 19.1. The molecule has 0 aliphatic heterocycles. The summed E-state index contributed by atoms with van der Waals surface area (Å²) in [5.41, 5.74) is 4.83. The van der Waals surface area contributed by atoms with Crippen molar-refractivity contribution in [1.82, 2.24) is 15.3 Å². The van der Waals surface area contributed by atoms with E-state index in [-0.39, 0.29) is 24.9 Å². The molecule has 1 amide bonds. The summed E-state index contributed by atoms with van der Waals surface area (Å²) >= 11 is 0. The predicted molar refractivity (Wildman–Crippen MR) is 115 cm³/mol. The van der Waals surface area contributed by atoms with Crippen LogP contribution in [0.3, 0.4) is 0 Å². The fourth-order valence-corrected chi connectivity index (χ4v) is 3.82. The van der Waals surface area contributed by atoms with Crippen molar-refractivity contribution < 1.29 is 18.7 Å². The summed E-state index contributed by atoms with van der Waals surface area (Å²) in [5, 5.41) is 6.01. The average molecular weight is 422 g/mol. The topological polar surface area (TPSA) is 96.1 Å². The van der Waals surface area contributed by atoms with E-state index in [0.717, 1.165) is 28.3 Å². The number of nitrogens with zero attached hydrogens (tertiary/aromatic N) is 1. The van der Waals surface area contributed by atoms with Crippen molar-refractivity contribution in [2.45, 2.75) is 12.8 Å². The van der Waals surface area contributed by atoms with Gasteiger partial charge in [-0.05, 0) is 36.6 Å². The summed E-state index contributed by atoms with van der Waals surface area (Å²) in [6.07, 6.45) is 3.64. The van der Waals surface area contributed by atoms with Crippen LogP contribution in [0.15, 0.2) is 54.9 Å². The van der Waals surface area contributed by atoms with E-state index in [1.165, 1.54) is 0 Å². The van der Waals surface area contributed by atoms with E-state index in [9.17, 15) is 14.0 Å². The fourth-order valence-electron chi connectivity index (χ4n) is 3.82. The number of ketones is 1. The van der Waals surface area contributed by atoms with Crippen LogP contribution in [0.4, 0.5) is 20.6 Å². The average Bonchev–Trinajstić information content (AvgIpc) is 3.16. The van der Waals surface area contributed by atoms with Gasteiger partial charge in [-0.15, -0.1) is 0 Å². The third-order valence-electron chi connectivity index (χ3n) is 5.18. The number of pyridine rings is 1. The number of halogens is 1. The van der Waals surface area contributed by atoms with E-state index >= 15 is 0 Å². The highest BCUT2D eigenvalue weighted by Gasteiger charge is 2.32. The summed E-state index contributed by atoms with van der Waals surface area (Å²) in [5.74, 6) is -0.0772. The third kappa shape index (κ3) is 4.74. The highest BCUT2D eigenvalue weighted by Crippen LogP contribution is 2.39. The van der Waals surface area contributed by atoms with Gasteiger partial charge in [0, 0.05) is 42.3 Å². The van der Waals surface area contributed by atoms with E-state index in [1.807, 2.05) is 42.5 Å². The first kappa shape index (κ1) is 20.6. The molecule has 7 nitrogen and oxygen atoms in total. The van der Waals surface area contributed by atoms with Gasteiger partial charge in [-0.25, -0.2) is 9.18 Å². The summed E-state index contributed by atoms with van der Waals surface area (Å²) in [6.45, 7) is -0.725. The lowest BCUT2D eigenvalue weighted by Crippen LogP contribution is -2.34. The second-order valence-corrected chi connectivity index (χ2v) is 7.36. The number of hydrogen-bond donors (Lipinski definition) is 3. The maximum Gasteiger partial charge on any atom is 0.407 e. The number of H-pyrrole nitrogens is 1. The minimum Gasteiger partial charge on any atom is -0.447 e. The molecule has 0 radical (unpaired) electrons. The number of nitrogens with one attached hydrogen (secondary N) is 3. The lowest BCUT2D eigenvalue weighted by Gasteiger charge is -2.22. The van der Waals surface area contributed by atoms with Crippen molar-refractivity contribution in [1.29, 1.82) is 0 Å². The van der Waals surface area contributed by atoms with E-state index in [1.54, 1.807) is 12.4 Å². The molecular weight excluding hydrogens is 399 g/mol. The molecule has 4 rings (SSSR count). The smallest absolute Gasteiger partial charge is 0.407 e. The van der Waals surface area contributed by atoms with Crippen LogP contribution in [-0.2, 0) is 11.2 Å². The maximum absolute atomic E-state index is 13.1. The van der Waals surface area contributed by atoms with Gasteiger partial charge in [-0.2, -0.15) is 0 Å². The number of aromatic amines is 1. The number of para-hydroxylation sites is 1. The summed E-state index contributed by atoms with van der Waals surface area (Å²) in [6, 6.07) is 13.5. The van der Waals surface area contributed by atoms with Crippen molar-refractivity contribution in [3.05, 3.63) is 66.1 Å². The van der Waals surface area contributed by atoms with Crippen LogP contribution < -0.4 is 10.6 Å². The van der Waals surface area contributed by atoms with Crippen LogP contribution in [0.5, 0.6) is 0 Å². The number of fused-ring (bicyclic) bond motifs is 1. The summed E-state index contributed by atoms with van der Waals surface area (Å²) < 4.78 is 16.8. The Bertz CT molecular complexity index is 1050. The lowest BCUT2D eigenvalue weighted by atomic mass is 9.86. The molecule has 2 aromatic heterocycles. The minimum absolute atomic E-state index is 0.000151. The Morgan fingerprint density at radius 3 is 2.68 bits per heavy atom. The van der Waals surface area contributed by atoms with Crippen LogP contribution in [0.1, 0.15) is 22.5 Å². The normalized spacial score (nSPS) is 15.3. The summed E-state index contributed by atoms with van der Waals surface area (Å²) in [7, 11) is 0. The zero-order chi connectivity index (χ0) is 21.6. The molecule has 31 heavy (non-hydrogen) atoms. The molecule has 3 N–H and O–H groups in total. The molecular formula is C23H23FN4O3. The molecule has 1 atom stereocenters. The van der Waals surface area contributed by atoms with Gasteiger partial charge < -0.3 is 20.4 Å². The number of anilines is 2. The Hall–Kier alpha value is -3.68. The number of alkyl halides is 1. The zero-order valence-electron chi connectivity index (χ0n) is 16.9. The fraction of sp³-hybridized carbons (Fsp3) is 0.261. The lowest BCUT2D eigenvalue weighted by molar-refractivity contribution is 0.0944. The Labute approximate surface area is 179 Å². The number of ether oxygens (including phenoxy) is 1. The molecule has 1 aromatic carbocycles. The number of benzene rings is 1. The van der Waals surface area contributed by atoms with E-state index in [2.05, 4.69) is 20.6 Å². The van der Waals surface area contributed by atoms with Crippen LogP contribution >= 0.6 is 0 Å². The predicted octanol–water partition coefficient (Wildman–Crippen LogP) is 4.26. The number of carbonyl (C=O) groups excluding carboxylic acids is 2. The Morgan fingerprint density at radius 2 is 1.94 bits per heavy atom. The van der Waals surface area contributed by atoms with Gasteiger partial charge in [-0.3, -0.25) is 9.78 Å². The number of aromatic nitrogens is 2. The highest BCUT2D eigenvalue weighted by molar-refractivity contribution is 6.07. The minimum atomic E-state index is -0.726. The van der Waals surface area contributed by atoms with Gasteiger partial charge in [0.2, 0.25) is 0 Å². The summed E-state index contributed by atoms with van der Waals surface area (Å²) in [4.78, 5) is 32.2. The molecule has 1 unspecified atom stereocenters. The van der Waals surface area contributed by atoms with Gasteiger partial charge in [0.1, 0.15) is 13.3 Å². The van der Waals surface area contributed by atoms with Gasteiger partial charge in [0.15, 0.2) is 5.78 Å². The number of Topliss-reactive ketones (excluding diaryl/α,β-unsaturated/α-hetero) is 1. The SMILES string of the molecule is O=C(NCC1CC(=O)c2c([nH]c(-c3ccncc3)c2Nc2ccccc2)C1)OCCF. The molecule has 160 valence electrons. The number of carbonyl (C=O) groups is 2. The molecule has 3 aromatic rings. The monoisotopic (exact) mass is 422 g/mol. The Morgan fingerprint density at radius 1 is 1.16 bits per heavy atom. The van der Waals surface area contributed by atoms with Crippen LogP contribution in [0.2, 0.25) is 0 Å². The number of alkyl carbamates (subject to hydrolysis) is 1. The van der Waals surface area contributed by atoms with Crippen molar-refractivity contribution >= 4 is 23.3 Å². The first-order chi connectivity index (χ1) is 15.2. The van der Waals surface area contributed by atoms with E-state index in [0.29, 0.717) is 18.4 Å². The van der Waals surface area contributed by atoms with Gasteiger partial charge in [-0.1, -0.05) is 18.2 Å². The molecule has 1 aliphatic carbocycles. The molecule has 0 saturated carbocycles. The number of amides is 1. The van der Waals surface area contributed by atoms with Crippen LogP contribution in [0, 0.1) is 5.92 Å². The Kier molecular flexibility index (Phi) is 6.26. The first-order valence-corrected chi connectivity index (χ1v) is 10.1. The third-order valence-corrected chi connectivity index (χ3v) is 5.18. The molecule has 8 heteroatoms. The quantitative estimate of drug-likeness (QED) is 0.529. The molecule has 0 fully saturated rings. The zero-order valence-corrected chi connectivity index (χ0v) is 16.9. The van der Waals surface area contributed by atoms with E-state index in [4.69, 9.17) is 4.74 Å². The second-order valence-electron chi connectivity index (χ2n) is 7.36. The molecule has 0 bridgehead atoms. The number of hydrogen-bond acceptors (Lipinski definition) is 5. The maximum atomic E-state index is 13.1. The number of rotatable bonds is 7. The van der Waals surface area contributed by atoms with Crippen molar-refractivity contribution in [3.63, 3.8) is 0 Å². The molecule has 0 saturated heterocycles. The molecule has 0 spiro atoms. The first-order valence-electron chi connectivity index (χ1n) is 10.1.